The minimum Gasteiger partial charge on any atom is -0.347 e. The Kier molecular flexibility index (Phi) is 5.75. The minimum atomic E-state index is -0.116. The molecule has 0 spiro atoms. The normalized spacial score (nSPS) is 29.9. The third-order valence-corrected chi connectivity index (χ3v) is 6.45. The van der Waals surface area contributed by atoms with E-state index >= 15 is 0 Å². The number of benzene rings is 1. The van der Waals surface area contributed by atoms with Crippen molar-refractivity contribution in [1.29, 1.82) is 0 Å². The fourth-order valence-corrected chi connectivity index (χ4v) is 5.33. The SMILES string of the molecule is Cc1cccc(C2(NC(=O)CC3CC4CCC(C3)N4)CCCC2)c1.Cl. The van der Waals surface area contributed by atoms with E-state index in [1.165, 1.54) is 49.7 Å². The first-order chi connectivity index (χ1) is 11.6. The molecule has 0 aromatic heterocycles. The first-order valence-electron chi connectivity index (χ1n) is 9.77. The predicted molar refractivity (Wildman–Crippen MR) is 104 cm³/mol. The molecule has 1 aromatic rings. The molecule has 2 atom stereocenters. The van der Waals surface area contributed by atoms with Crippen molar-refractivity contribution in [2.24, 2.45) is 5.92 Å². The molecule has 2 N–H and O–H groups in total. The summed E-state index contributed by atoms with van der Waals surface area (Å²) in [6.07, 6.45) is 10.3. The lowest BCUT2D eigenvalue weighted by atomic mass is 9.85. The molecule has 138 valence electrons. The third-order valence-electron chi connectivity index (χ3n) is 6.45. The van der Waals surface area contributed by atoms with E-state index in [9.17, 15) is 4.79 Å². The van der Waals surface area contributed by atoms with Crippen LogP contribution in [0.2, 0.25) is 0 Å². The topological polar surface area (TPSA) is 41.1 Å². The zero-order valence-corrected chi connectivity index (χ0v) is 16.0. The van der Waals surface area contributed by atoms with Crippen LogP contribution in [0.4, 0.5) is 0 Å². The number of amides is 1. The fourth-order valence-electron chi connectivity index (χ4n) is 5.33. The van der Waals surface area contributed by atoms with Crippen LogP contribution in [-0.4, -0.2) is 18.0 Å². The second kappa shape index (κ2) is 7.67. The molecule has 25 heavy (non-hydrogen) atoms. The first kappa shape index (κ1) is 18.7. The van der Waals surface area contributed by atoms with Gasteiger partial charge < -0.3 is 10.6 Å². The quantitative estimate of drug-likeness (QED) is 0.841. The number of fused-ring (bicyclic) bond motifs is 2. The molecule has 4 rings (SSSR count). The van der Waals surface area contributed by atoms with Gasteiger partial charge in [-0.05, 0) is 56.9 Å². The summed E-state index contributed by atoms with van der Waals surface area (Å²) >= 11 is 0. The summed E-state index contributed by atoms with van der Waals surface area (Å²) in [6, 6.07) is 10.1. The number of aryl methyl sites for hydroxylation is 1. The highest BCUT2D eigenvalue weighted by atomic mass is 35.5. The van der Waals surface area contributed by atoms with Crippen LogP contribution in [0.1, 0.15) is 68.9 Å². The predicted octanol–water partition coefficient (Wildman–Crippen LogP) is 4.22. The Morgan fingerprint density at radius 2 is 1.88 bits per heavy atom. The number of piperidine rings is 1. The van der Waals surface area contributed by atoms with Gasteiger partial charge in [0, 0.05) is 18.5 Å². The Morgan fingerprint density at radius 1 is 1.20 bits per heavy atom. The second-order valence-corrected chi connectivity index (χ2v) is 8.39. The van der Waals surface area contributed by atoms with Gasteiger partial charge >= 0.3 is 0 Å². The van der Waals surface area contributed by atoms with E-state index in [1.807, 2.05) is 0 Å². The van der Waals surface area contributed by atoms with Crippen molar-refractivity contribution in [2.75, 3.05) is 0 Å². The molecular weight excluding hydrogens is 332 g/mol. The van der Waals surface area contributed by atoms with Crippen LogP contribution in [0.5, 0.6) is 0 Å². The summed E-state index contributed by atoms with van der Waals surface area (Å²) in [5.74, 6) is 0.837. The number of nitrogens with one attached hydrogen (secondary N) is 2. The van der Waals surface area contributed by atoms with Crippen molar-refractivity contribution in [3.05, 3.63) is 35.4 Å². The van der Waals surface area contributed by atoms with Gasteiger partial charge in [0.15, 0.2) is 0 Å². The van der Waals surface area contributed by atoms with Gasteiger partial charge in [-0.25, -0.2) is 0 Å². The van der Waals surface area contributed by atoms with E-state index in [2.05, 4.69) is 41.8 Å². The van der Waals surface area contributed by atoms with Crippen LogP contribution in [0.25, 0.3) is 0 Å². The van der Waals surface area contributed by atoms with E-state index in [-0.39, 0.29) is 23.9 Å². The standard InChI is InChI=1S/C21H30N2O.ClH/c1-15-5-4-6-17(11-15)21(9-2-3-10-21)23-20(24)14-16-12-18-7-8-19(13-16)22-18;/h4-6,11,16,18-19,22H,2-3,7-10,12-14H2,1H3,(H,23,24);1H. The molecule has 2 unspecified atom stereocenters. The number of carbonyl (C=O) groups excluding carboxylic acids is 1. The number of rotatable bonds is 4. The number of carbonyl (C=O) groups is 1. The van der Waals surface area contributed by atoms with Crippen LogP contribution >= 0.6 is 12.4 Å². The molecule has 3 fully saturated rings. The lowest BCUT2D eigenvalue weighted by molar-refractivity contribution is -0.124. The highest BCUT2D eigenvalue weighted by Crippen LogP contribution is 2.40. The van der Waals surface area contributed by atoms with Gasteiger partial charge in [-0.1, -0.05) is 42.7 Å². The van der Waals surface area contributed by atoms with Gasteiger partial charge in [-0.2, -0.15) is 0 Å². The fraction of sp³-hybridized carbons (Fsp3) is 0.667. The molecule has 1 aliphatic carbocycles. The van der Waals surface area contributed by atoms with Crippen molar-refractivity contribution >= 4 is 18.3 Å². The molecule has 2 heterocycles. The lowest BCUT2D eigenvalue weighted by Crippen LogP contribution is -2.45. The van der Waals surface area contributed by atoms with Crippen LogP contribution in [-0.2, 0) is 10.3 Å². The summed E-state index contributed by atoms with van der Waals surface area (Å²) in [5.41, 5.74) is 2.47. The highest BCUT2D eigenvalue weighted by molar-refractivity contribution is 5.85. The Morgan fingerprint density at radius 3 is 2.52 bits per heavy atom. The minimum absolute atomic E-state index is 0. The van der Waals surface area contributed by atoms with E-state index in [4.69, 9.17) is 0 Å². The van der Waals surface area contributed by atoms with Crippen molar-refractivity contribution in [1.82, 2.24) is 10.6 Å². The van der Waals surface area contributed by atoms with Crippen LogP contribution in [0.3, 0.4) is 0 Å². The number of hydrogen-bond acceptors (Lipinski definition) is 2. The Balaban J connectivity index is 0.00000182. The summed E-state index contributed by atoms with van der Waals surface area (Å²) < 4.78 is 0. The number of halogens is 1. The zero-order valence-electron chi connectivity index (χ0n) is 15.2. The van der Waals surface area contributed by atoms with Crippen molar-refractivity contribution < 1.29 is 4.79 Å². The summed E-state index contributed by atoms with van der Waals surface area (Å²) in [5, 5.41) is 7.15. The van der Waals surface area contributed by atoms with Crippen LogP contribution < -0.4 is 10.6 Å². The first-order valence-corrected chi connectivity index (χ1v) is 9.77. The molecule has 4 heteroatoms. The van der Waals surface area contributed by atoms with Gasteiger partial charge in [0.05, 0.1) is 5.54 Å². The summed E-state index contributed by atoms with van der Waals surface area (Å²) in [6.45, 7) is 2.14. The van der Waals surface area contributed by atoms with Crippen LogP contribution in [0.15, 0.2) is 24.3 Å². The molecule has 2 bridgehead atoms. The molecular formula is C21H31ClN2O. The molecule has 3 aliphatic rings. The van der Waals surface area contributed by atoms with Crippen LogP contribution in [0, 0.1) is 12.8 Å². The largest absolute Gasteiger partial charge is 0.347 e. The van der Waals surface area contributed by atoms with Gasteiger partial charge in [-0.3, -0.25) is 4.79 Å². The average molecular weight is 363 g/mol. The van der Waals surface area contributed by atoms with Gasteiger partial charge in [0.2, 0.25) is 5.91 Å². The Bertz CT molecular complexity index is 600. The molecule has 2 aliphatic heterocycles. The van der Waals surface area contributed by atoms with E-state index in [0.717, 1.165) is 12.8 Å². The van der Waals surface area contributed by atoms with Crippen molar-refractivity contribution in [2.45, 2.75) is 82.3 Å². The highest BCUT2D eigenvalue weighted by Gasteiger charge is 2.39. The van der Waals surface area contributed by atoms with E-state index in [1.54, 1.807) is 0 Å². The lowest BCUT2D eigenvalue weighted by Gasteiger charge is -2.33. The van der Waals surface area contributed by atoms with E-state index < -0.39 is 0 Å². The molecule has 0 radical (unpaired) electrons. The number of hydrogen-bond donors (Lipinski definition) is 2. The van der Waals surface area contributed by atoms with Gasteiger partial charge in [0.1, 0.15) is 0 Å². The maximum absolute atomic E-state index is 12.8. The smallest absolute Gasteiger partial charge is 0.220 e. The van der Waals surface area contributed by atoms with Crippen molar-refractivity contribution in [3.8, 4) is 0 Å². The maximum atomic E-state index is 12.8. The third kappa shape index (κ3) is 4.03. The Labute approximate surface area is 157 Å². The molecule has 3 nitrogen and oxygen atoms in total. The monoisotopic (exact) mass is 362 g/mol. The Hall–Kier alpha value is -1.06. The zero-order chi connectivity index (χ0) is 16.6. The van der Waals surface area contributed by atoms with Crippen molar-refractivity contribution in [3.63, 3.8) is 0 Å². The molecule has 1 saturated carbocycles. The maximum Gasteiger partial charge on any atom is 0.220 e. The molecule has 1 aromatic carbocycles. The van der Waals surface area contributed by atoms with Gasteiger partial charge in [0.25, 0.3) is 0 Å². The van der Waals surface area contributed by atoms with Gasteiger partial charge in [-0.15, -0.1) is 12.4 Å². The summed E-state index contributed by atoms with van der Waals surface area (Å²) in [7, 11) is 0. The average Bonchev–Trinajstić information content (AvgIpc) is 3.15. The van der Waals surface area contributed by atoms with E-state index in [0.29, 0.717) is 24.4 Å². The molecule has 1 amide bonds. The molecule has 2 saturated heterocycles. The second-order valence-electron chi connectivity index (χ2n) is 8.39. The summed E-state index contributed by atoms with van der Waals surface area (Å²) in [4.78, 5) is 12.8.